The molecule has 0 aliphatic carbocycles. The highest BCUT2D eigenvalue weighted by molar-refractivity contribution is 5.81. The van der Waals surface area contributed by atoms with E-state index in [0.717, 1.165) is 17.8 Å². The Morgan fingerprint density at radius 3 is 2.76 bits per heavy atom. The summed E-state index contributed by atoms with van der Waals surface area (Å²) in [6, 6.07) is 1.54. The maximum atomic E-state index is 13.2. The smallest absolute Gasteiger partial charge is 0.249 e. The highest BCUT2D eigenvalue weighted by atomic mass is 16.5. The number of carbonyl (C=O) groups excluding carboxylic acids is 2. The van der Waals surface area contributed by atoms with E-state index in [1.54, 1.807) is 17.2 Å². The predicted octanol–water partition coefficient (Wildman–Crippen LogP) is 1.11. The normalized spacial score (nSPS) is 19.2. The number of aromatic nitrogens is 4. The zero-order valence-corrected chi connectivity index (χ0v) is 17.0. The Morgan fingerprint density at radius 1 is 1.31 bits per heavy atom. The van der Waals surface area contributed by atoms with Crippen LogP contribution in [0.15, 0.2) is 24.8 Å². The van der Waals surface area contributed by atoms with Crippen molar-refractivity contribution >= 4 is 11.8 Å². The molecule has 9 nitrogen and oxygen atoms in total. The summed E-state index contributed by atoms with van der Waals surface area (Å²) in [5.41, 5.74) is 1.56. The molecule has 1 fully saturated rings. The number of nitrogens with one attached hydrogen (secondary N) is 1. The Balaban J connectivity index is 1.55. The van der Waals surface area contributed by atoms with Gasteiger partial charge in [0.05, 0.1) is 17.6 Å². The molecule has 2 amide bonds. The number of piperidine rings is 1. The van der Waals surface area contributed by atoms with Gasteiger partial charge in [-0.1, -0.05) is 6.92 Å². The summed E-state index contributed by atoms with van der Waals surface area (Å²) < 4.78 is 6.84. The molecular weight excluding hydrogens is 372 g/mol. The van der Waals surface area contributed by atoms with Crippen molar-refractivity contribution in [3.8, 4) is 0 Å². The van der Waals surface area contributed by atoms with Crippen LogP contribution >= 0.6 is 0 Å². The Kier molecular flexibility index (Phi) is 5.40. The molecule has 0 saturated carbocycles. The van der Waals surface area contributed by atoms with Gasteiger partial charge in [-0.3, -0.25) is 14.3 Å². The first-order valence-electron chi connectivity index (χ1n) is 10.2. The highest BCUT2D eigenvalue weighted by Crippen LogP contribution is 2.42. The molecule has 2 aromatic heterocycles. The van der Waals surface area contributed by atoms with Gasteiger partial charge in [0, 0.05) is 51.3 Å². The molecular formula is C20H28N6O3. The van der Waals surface area contributed by atoms with E-state index in [9.17, 15) is 9.59 Å². The van der Waals surface area contributed by atoms with Crippen LogP contribution in [0.2, 0.25) is 0 Å². The molecule has 0 aromatic carbocycles. The van der Waals surface area contributed by atoms with Crippen molar-refractivity contribution in [3.63, 3.8) is 0 Å². The molecule has 1 atom stereocenters. The number of likely N-dealkylation sites (tertiary alicyclic amines) is 1. The lowest BCUT2D eigenvalue weighted by Crippen LogP contribution is -2.59. The third-order valence-corrected chi connectivity index (χ3v) is 6.25. The molecule has 0 radical (unpaired) electrons. The fourth-order valence-electron chi connectivity index (χ4n) is 4.80. The van der Waals surface area contributed by atoms with Crippen LogP contribution in [0.3, 0.4) is 0 Å². The van der Waals surface area contributed by atoms with Gasteiger partial charge in [0.15, 0.2) is 0 Å². The van der Waals surface area contributed by atoms with Crippen LogP contribution < -0.4 is 0 Å². The molecule has 2 aliphatic rings. The van der Waals surface area contributed by atoms with E-state index in [2.05, 4.69) is 15.1 Å². The Hall–Kier alpha value is -2.68. The highest BCUT2D eigenvalue weighted by Gasteiger charge is 2.49. The molecule has 0 bridgehead atoms. The lowest BCUT2D eigenvalue weighted by molar-refractivity contribution is -0.148. The molecule has 1 saturated heterocycles. The van der Waals surface area contributed by atoms with Gasteiger partial charge in [0.25, 0.3) is 0 Å². The van der Waals surface area contributed by atoms with Crippen molar-refractivity contribution < 1.29 is 14.3 Å². The predicted molar refractivity (Wildman–Crippen MR) is 105 cm³/mol. The number of methoxy groups -OCH3 is 1. The van der Waals surface area contributed by atoms with Gasteiger partial charge >= 0.3 is 0 Å². The molecule has 4 rings (SSSR count). The molecule has 1 N–H and O–H groups in total. The van der Waals surface area contributed by atoms with Crippen molar-refractivity contribution in [1.82, 2.24) is 29.5 Å². The first kappa shape index (κ1) is 19.6. The summed E-state index contributed by atoms with van der Waals surface area (Å²) in [6.07, 6.45) is 8.01. The fraction of sp³-hybridized carbons (Fsp3) is 0.600. The molecule has 9 heteroatoms. The Bertz CT molecular complexity index is 853. The second kappa shape index (κ2) is 7.98. The average molecular weight is 400 g/mol. The Labute approximate surface area is 170 Å². The molecule has 1 spiro atoms. The van der Waals surface area contributed by atoms with Crippen molar-refractivity contribution in [2.75, 3.05) is 33.4 Å². The number of rotatable bonds is 5. The van der Waals surface area contributed by atoms with Crippen LogP contribution in [0.4, 0.5) is 0 Å². The van der Waals surface area contributed by atoms with Gasteiger partial charge in [-0.25, -0.2) is 4.98 Å². The number of amides is 2. The summed E-state index contributed by atoms with van der Waals surface area (Å²) in [4.78, 5) is 37.6. The lowest BCUT2D eigenvalue weighted by Gasteiger charge is -2.50. The number of fused-ring (bicyclic) bond motifs is 2. The molecule has 156 valence electrons. The monoisotopic (exact) mass is 400 g/mol. The number of nitrogens with zero attached hydrogens (tertiary/aromatic N) is 5. The summed E-state index contributed by atoms with van der Waals surface area (Å²) in [6.45, 7) is 3.86. The van der Waals surface area contributed by atoms with E-state index in [1.807, 2.05) is 29.0 Å². The third kappa shape index (κ3) is 3.33. The van der Waals surface area contributed by atoms with Gasteiger partial charge in [0.1, 0.15) is 12.6 Å². The van der Waals surface area contributed by atoms with E-state index in [-0.39, 0.29) is 24.5 Å². The minimum Gasteiger partial charge on any atom is -0.375 e. The van der Waals surface area contributed by atoms with Crippen molar-refractivity contribution in [2.45, 2.75) is 44.2 Å². The fourth-order valence-corrected chi connectivity index (χ4v) is 4.80. The molecule has 2 aromatic rings. The van der Waals surface area contributed by atoms with Gasteiger partial charge in [0.2, 0.25) is 11.8 Å². The van der Waals surface area contributed by atoms with Gasteiger partial charge in [-0.2, -0.15) is 5.10 Å². The van der Waals surface area contributed by atoms with Gasteiger partial charge in [-0.15, -0.1) is 0 Å². The second-order valence-corrected chi connectivity index (χ2v) is 7.73. The number of aromatic amines is 1. The molecule has 29 heavy (non-hydrogen) atoms. The van der Waals surface area contributed by atoms with Crippen molar-refractivity contribution in [3.05, 3.63) is 36.2 Å². The van der Waals surface area contributed by atoms with Crippen LogP contribution in [0.25, 0.3) is 0 Å². The van der Waals surface area contributed by atoms with Crippen molar-refractivity contribution in [1.29, 1.82) is 0 Å². The molecule has 2 aliphatic heterocycles. The summed E-state index contributed by atoms with van der Waals surface area (Å²) >= 11 is 0. The lowest BCUT2D eigenvalue weighted by atomic mass is 9.78. The average Bonchev–Trinajstić information content (AvgIpc) is 3.42. The van der Waals surface area contributed by atoms with Gasteiger partial charge < -0.3 is 19.5 Å². The summed E-state index contributed by atoms with van der Waals surface area (Å²) in [5, 5.41) is 4.25. The number of carbonyl (C=O) groups is 2. The minimum absolute atomic E-state index is 0.0242. The van der Waals surface area contributed by atoms with Gasteiger partial charge in [-0.05, 0) is 25.3 Å². The maximum Gasteiger partial charge on any atom is 0.249 e. The quantitative estimate of drug-likeness (QED) is 0.811. The van der Waals surface area contributed by atoms with Crippen molar-refractivity contribution in [2.24, 2.45) is 0 Å². The van der Waals surface area contributed by atoms with Crippen LogP contribution in [0.5, 0.6) is 0 Å². The van der Waals surface area contributed by atoms with E-state index < -0.39 is 5.54 Å². The topological polar surface area (TPSA) is 96.4 Å². The maximum absolute atomic E-state index is 13.2. The summed E-state index contributed by atoms with van der Waals surface area (Å²) in [5.74, 6) is 0.0581. The van der Waals surface area contributed by atoms with E-state index in [1.165, 1.54) is 7.11 Å². The van der Waals surface area contributed by atoms with Crippen LogP contribution in [-0.4, -0.2) is 74.7 Å². The zero-order chi connectivity index (χ0) is 20.4. The number of hydrogen-bond acceptors (Lipinski definition) is 5. The second-order valence-electron chi connectivity index (χ2n) is 7.73. The van der Waals surface area contributed by atoms with Crippen LogP contribution in [0.1, 0.15) is 43.6 Å². The molecule has 4 heterocycles. The first-order chi connectivity index (χ1) is 14.1. The van der Waals surface area contributed by atoms with Crippen LogP contribution in [-0.2, 0) is 26.3 Å². The third-order valence-electron chi connectivity index (χ3n) is 6.25. The summed E-state index contributed by atoms with van der Waals surface area (Å²) in [7, 11) is 1.54. The first-order valence-corrected chi connectivity index (χ1v) is 10.2. The molecule has 1 unspecified atom stereocenters. The SMILES string of the molecule is CCC(C(=O)N1CCC2(CC1)c1nc[nH]c1CCN2C(=O)COC)n1cccn1. The van der Waals surface area contributed by atoms with Crippen LogP contribution in [0, 0.1) is 0 Å². The van der Waals surface area contributed by atoms with E-state index in [4.69, 9.17) is 4.74 Å². The number of imidazole rings is 1. The van der Waals surface area contributed by atoms with E-state index >= 15 is 0 Å². The number of ether oxygens (including phenoxy) is 1. The van der Waals surface area contributed by atoms with E-state index in [0.29, 0.717) is 38.9 Å². The standard InChI is InChI=1S/C20H28N6O3/c1-3-16(26-9-4-8-23-26)19(28)24-11-6-20(7-12-24)18-15(21-14-22-18)5-10-25(20)17(27)13-29-2/h4,8-9,14,16H,3,5-7,10-13H2,1-2H3,(H,21,22). The largest absolute Gasteiger partial charge is 0.375 e. The number of hydrogen-bond donors (Lipinski definition) is 1. The number of H-pyrrole nitrogens is 1. The zero-order valence-electron chi connectivity index (χ0n) is 17.0. The Morgan fingerprint density at radius 2 is 2.10 bits per heavy atom. The minimum atomic E-state index is -0.479.